The third-order valence-corrected chi connectivity index (χ3v) is 3.44. The lowest BCUT2D eigenvalue weighted by Gasteiger charge is -2.29. The predicted molar refractivity (Wildman–Crippen MR) is 76.7 cm³/mol. The Kier molecular flexibility index (Phi) is 4.52. The van der Waals surface area contributed by atoms with Gasteiger partial charge in [0, 0.05) is 19.6 Å². The Hall–Kier alpha value is -1.17. The maximum Gasteiger partial charge on any atom is 0.115 e. The molecule has 1 atom stereocenters. The van der Waals surface area contributed by atoms with Gasteiger partial charge in [0.05, 0.1) is 11.0 Å². The van der Waals surface area contributed by atoms with Gasteiger partial charge in [-0.25, -0.2) is 0 Å². The Morgan fingerprint density at radius 3 is 2.67 bits per heavy atom. The highest BCUT2D eigenvalue weighted by molar-refractivity contribution is 7.80. The molecule has 1 saturated heterocycles. The van der Waals surface area contributed by atoms with E-state index in [1.165, 1.54) is 0 Å². The smallest absolute Gasteiger partial charge is 0.115 e. The molecule has 98 valence electrons. The number of thiocarbonyl (C=S) groups is 1. The maximum absolute atomic E-state index is 9.34. The minimum absolute atomic E-state index is 0.0412. The fourth-order valence-corrected chi connectivity index (χ4v) is 2.62. The van der Waals surface area contributed by atoms with Crippen LogP contribution in [0.3, 0.4) is 0 Å². The minimum Gasteiger partial charge on any atom is -0.508 e. The van der Waals surface area contributed by atoms with Gasteiger partial charge in [-0.3, -0.25) is 4.90 Å². The van der Waals surface area contributed by atoms with E-state index in [9.17, 15) is 5.11 Å². The second-order valence-electron chi connectivity index (χ2n) is 4.54. The Morgan fingerprint density at radius 2 is 2.00 bits per heavy atom. The van der Waals surface area contributed by atoms with Gasteiger partial charge in [-0.05, 0) is 30.7 Å². The molecule has 1 aromatic rings. The van der Waals surface area contributed by atoms with Crippen molar-refractivity contribution < 1.29 is 5.11 Å². The van der Waals surface area contributed by atoms with Crippen molar-refractivity contribution in [1.29, 1.82) is 0 Å². The summed E-state index contributed by atoms with van der Waals surface area (Å²) >= 11 is 5.21. The van der Waals surface area contributed by atoms with Crippen molar-refractivity contribution in [3.05, 3.63) is 29.8 Å². The average molecular weight is 265 g/mol. The zero-order chi connectivity index (χ0) is 13.0. The summed E-state index contributed by atoms with van der Waals surface area (Å²) in [5, 5.41) is 12.7. The monoisotopic (exact) mass is 265 g/mol. The molecule has 1 aliphatic heterocycles. The molecule has 5 heteroatoms. The predicted octanol–water partition coefficient (Wildman–Crippen LogP) is 1.01. The van der Waals surface area contributed by atoms with E-state index in [1.54, 1.807) is 12.1 Å². The highest BCUT2D eigenvalue weighted by Crippen LogP contribution is 2.23. The molecule has 0 spiro atoms. The van der Waals surface area contributed by atoms with Gasteiger partial charge in [0.1, 0.15) is 5.75 Å². The maximum atomic E-state index is 9.34. The summed E-state index contributed by atoms with van der Waals surface area (Å²) in [6.07, 6.45) is 1.09. The SMILES string of the molecule is NC(=S)C(c1ccc(O)cc1)N1CCCNCC1. The molecule has 1 unspecified atom stereocenters. The minimum atomic E-state index is -0.0412. The van der Waals surface area contributed by atoms with E-state index in [0.29, 0.717) is 4.99 Å². The first-order valence-electron chi connectivity index (χ1n) is 6.21. The van der Waals surface area contributed by atoms with Crippen molar-refractivity contribution in [3.8, 4) is 5.75 Å². The molecule has 1 aliphatic rings. The van der Waals surface area contributed by atoms with Crippen molar-refractivity contribution in [2.45, 2.75) is 12.5 Å². The highest BCUT2D eigenvalue weighted by atomic mass is 32.1. The van der Waals surface area contributed by atoms with Crippen LogP contribution in [0.15, 0.2) is 24.3 Å². The van der Waals surface area contributed by atoms with E-state index in [1.807, 2.05) is 12.1 Å². The molecule has 0 saturated carbocycles. The third-order valence-electron chi connectivity index (χ3n) is 3.22. The number of phenols is 1. The molecule has 18 heavy (non-hydrogen) atoms. The largest absolute Gasteiger partial charge is 0.508 e. The van der Waals surface area contributed by atoms with Crippen LogP contribution in [-0.4, -0.2) is 41.2 Å². The molecule has 4 N–H and O–H groups in total. The topological polar surface area (TPSA) is 61.5 Å². The molecule has 0 aliphatic carbocycles. The summed E-state index contributed by atoms with van der Waals surface area (Å²) in [5.74, 6) is 0.262. The van der Waals surface area contributed by atoms with E-state index < -0.39 is 0 Å². The number of hydrogen-bond donors (Lipinski definition) is 3. The number of phenolic OH excluding ortho intramolecular Hbond substituents is 1. The fourth-order valence-electron chi connectivity index (χ4n) is 2.34. The lowest BCUT2D eigenvalue weighted by atomic mass is 10.0. The molecule has 4 nitrogen and oxygen atoms in total. The molecule has 0 aromatic heterocycles. The summed E-state index contributed by atoms with van der Waals surface area (Å²) in [5.41, 5.74) is 6.94. The number of hydrogen-bond acceptors (Lipinski definition) is 4. The molecule has 0 radical (unpaired) electrons. The number of rotatable bonds is 3. The van der Waals surface area contributed by atoms with Crippen LogP contribution in [0, 0.1) is 0 Å². The number of nitrogens with one attached hydrogen (secondary N) is 1. The van der Waals surface area contributed by atoms with Gasteiger partial charge in [0.15, 0.2) is 0 Å². The van der Waals surface area contributed by atoms with Gasteiger partial charge in [0.25, 0.3) is 0 Å². The van der Waals surface area contributed by atoms with Crippen LogP contribution in [0.1, 0.15) is 18.0 Å². The van der Waals surface area contributed by atoms with Crippen LogP contribution in [-0.2, 0) is 0 Å². The van der Waals surface area contributed by atoms with Crippen LogP contribution < -0.4 is 11.1 Å². The van der Waals surface area contributed by atoms with Crippen molar-refractivity contribution in [2.75, 3.05) is 26.2 Å². The Balaban J connectivity index is 2.21. The molecule has 2 rings (SSSR count). The summed E-state index contributed by atoms with van der Waals surface area (Å²) in [6, 6.07) is 7.09. The first-order valence-corrected chi connectivity index (χ1v) is 6.62. The Labute approximate surface area is 113 Å². The fraction of sp³-hybridized carbons (Fsp3) is 0.462. The summed E-state index contributed by atoms with van der Waals surface area (Å²) < 4.78 is 0. The lowest BCUT2D eigenvalue weighted by molar-refractivity contribution is 0.261. The van der Waals surface area contributed by atoms with Crippen LogP contribution in [0.5, 0.6) is 5.75 Å². The van der Waals surface area contributed by atoms with E-state index in [4.69, 9.17) is 18.0 Å². The average Bonchev–Trinajstić information content (AvgIpc) is 2.60. The van der Waals surface area contributed by atoms with Crippen molar-refractivity contribution in [2.24, 2.45) is 5.73 Å². The second kappa shape index (κ2) is 6.13. The third kappa shape index (κ3) is 3.19. The zero-order valence-corrected chi connectivity index (χ0v) is 11.1. The van der Waals surface area contributed by atoms with Gasteiger partial charge in [0.2, 0.25) is 0 Å². The first kappa shape index (κ1) is 13.3. The van der Waals surface area contributed by atoms with Crippen LogP contribution in [0.25, 0.3) is 0 Å². The molecule has 1 fully saturated rings. The Morgan fingerprint density at radius 1 is 1.28 bits per heavy atom. The number of nitrogens with two attached hydrogens (primary N) is 1. The second-order valence-corrected chi connectivity index (χ2v) is 5.01. The zero-order valence-electron chi connectivity index (χ0n) is 10.3. The molecule has 0 bridgehead atoms. The number of benzene rings is 1. The summed E-state index contributed by atoms with van der Waals surface area (Å²) in [4.78, 5) is 2.79. The first-order chi connectivity index (χ1) is 8.68. The number of aromatic hydroxyl groups is 1. The normalized spacial score (nSPS) is 19.1. The van der Waals surface area contributed by atoms with Gasteiger partial charge < -0.3 is 16.2 Å². The molecule has 1 aromatic carbocycles. The standard InChI is InChI=1S/C13H19N3OS/c14-13(18)12(10-2-4-11(17)5-3-10)16-8-1-6-15-7-9-16/h2-5,12,15,17H,1,6-9H2,(H2,14,18). The highest BCUT2D eigenvalue weighted by Gasteiger charge is 2.23. The lowest BCUT2D eigenvalue weighted by Crippen LogP contribution is -2.38. The van der Waals surface area contributed by atoms with Gasteiger partial charge >= 0.3 is 0 Å². The number of nitrogens with zero attached hydrogens (tertiary/aromatic N) is 1. The van der Waals surface area contributed by atoms with E-state index >= 15 is 0 Å². The summed E-state index contributed by atoms with van der Waals surface area (Å²) in [7, 11) is 0. The quantitative estimate of drug-likeness (QED) is 0.712. The van der Waals surface area contributed by atoms with E-state index in [0.717, 1.165) is 38.2 Å². The van der Waals surface area contributed by atoms with Crippen molar-refractivity contribution in [3.63, 3.8) is 0 Å². The van der Waals surface area contributed by atoms with Crippen LogP contribution in [0.4, 0.5) is 0 Å². The van der Waals surface area contributed by atoms with Crippen LogP contribution >= 0.6 is 12.2 Å². The van der Waals surface area contributed by atoms with Gasteiger partial charge in [-0.1, -0.05) is 24.4 Å². The van der Waals surface area contributed by atoms with Gasteiger partial charge in [-0.15, -0.1) is 0 Å². The molecule has 0 amide bonds. The molecule has 1 heterocycles. The van der Waals surface area contributed by atoms with Crippen molar-refractivity contribution in [1.82, 2.24) is 10.2 Å². The molecular formula is C13H19N3OS. The summed E-state index contributed by atoms with van der Waals surface area (Å²) in [6.45, 7) is 3.91. The van der Waals surface area contributed by atoms with E-state index in [-0.39, 0.29) is 11.8 Å². The van der Waals surface area contributed by atoms with E-state index in [2.05, 4.69) is 10.2 Å². The van der Waals surface area contributed by atoms with Crippen LogP contribution in [0.2, 0.25) is 0 Å². The van der Waals surface area contributed by atoms with Gasteiger partial charge in [-0.2, -0.15) is 0 Å². The van der Waals surface area contributed by atoms with Crippen molar-refractivity contribution >= 4 is 17.2 Å². The molecular weight excluding hydrogens is 246 g/mol. The Bertz CT molecular complexity index is 399.